The first-order valence-corrected chi connectivity index (χ1v) is 11.6. The average molecular weight is 526 g/mol. The minimum atomic E-state index is -3.13. The Balaban J connectivity index is 0.00000729. The topological polar surface area (TPSA) is 85.8 Å². The quantitative estimate of drug-likeness (QED) is 0.169. The summed E-state index contributed by atoms with van der Waals surface area (Å²) in [6.07, 6.45) is 1.86. The van der Waals surface area contributed by atoms with Gasteiger partial charge in [0.25, 0.3) is 0 Å². The number of likely N-dealkylation sites (N-methyl/N-ethyl adjacent to an activating group) is 1. The number of hydrogen-bond donors (Lipinski definition) is 3. The molecule has 0 saturated carbocycles. The summed E-state index contributed by atoms with van der Waals surface area (Å²) in [6, 6.07) is 10.7. The standard InChI is InChI=1S/C19H35N5O2S.HI/c1-5-20-19(21-14-11-15-23-27(4,25)26)22-16-18(24(6-2)7-3)17-12-9-8-10-13-17;/h8-10,12-13,18,23H,5-7,11,14-16H2,1-4H3,(H2,20,21,22);1H. The van der Waals surface area contributed by atoms with Crippen LogP contribution in [-0.4, -0.2) is 64.8 Å². The number of sulfonamides is 1. The number of rotatable bonds is 12. The molecule has 0 bridgehead atoms. The first-order chi connectivity index (χ1) is 12.9. The molecule has 1 aromatic carbocycles. The molecule has 0 aliphatic carbocycles. The van der Waals surface area contributed by atoms with Crippen LogP contribution in [0.2, 0.25) is 0 Å². The maximum Gasteiger partial charge on any atom is 0.208 e. The van der Waals surface area contributed by atoms with Gasteiger partial charge in [-0.15, -0.1) is 24.0 Å². The van der Waals surface area contributed by atoms with Gasteiger partial charge < -0.3 is 10.6 Å². The van der Waals surface area contributed by atoms with Crippen LogP contribution in [0.25, 0.3) is 0 Å². The highest BCUT2D eigenvalue weighted by molar-refractivity contribution is 14.0. The first-order valence-electron chi connectivity index (χ1n) is 9.67. The van der Waals surface area contributed by atoms with Crippen molar-refractivity contribution in [1.82, 2.24) is 20.3 Å². The number of aliphatic imine (C=N–C) groups is 1. The van der Waals surface area contributed by atoms with E-state index in [1.807, 2.05) is 13.0 Å². The minimum absolute atomic E-state index is 0. The first kappa shape index (κ1) is 27.1. The maximum absolute atomic E-state index is 11.1. The van der Waals surface area contributed by atoms with Gasteiger partial charge in [-0.3, -0.25) is 9.89 Å². The van der Waals surface area contributed by atoms with E-state index in [-0.39, 0.29) is 30.0 Å². The van der Waals surface area contributed by atoms with Gasteiger partial charge in [0.1, 0.15) is 0 Å². The van der Waals surface area contributed by atoms with E-state index in [1.54, 1.807) is 0 Å². The number of nitrogens with one attached hydrogen (secondary N) is 3. The molecule has 1 unspecified atom stereocenters. The van der Waals surface area contributed by atoms with Crippen molar-refractivity contribution in [3.8, 4) is 0 Å². The van der Waals surface area contributed by atoms with Crippen molar-refractivity contribution in [2.75, 3.05) is 45.5 Å². The molecule has 7 nitrogen and oxygen atoms in total. The molecule has 0 saturated heterocycles. The van der Waals surface area contributed by atoms with Gasteiger partial charge in [0.05, 0.1) is 18.8 Å². The van der Waals surface area contributed by atoms with E-state index in [4.69, 9.17) is 4.99 Å². The SMILES string of the molecule is CCNC(=NCC(c1ccccc1)N(CC)CC)NCCCNS(C)(=O)=O.I. The fraction of sp³-hybridized carbons (Fsp3) is 0.632. The summed E-state index contributed by atoms with van der Waals surface area (Å²) in [7, 11) is -3.13. The lowest BCUT2D eigenvalue weighted by Crippen LogP contribution is -2.39. The fourth-order valence-corrected chi connectivity index (χ4v) is 3.36. The van der Waals surface area contributed by atoms with Crippen molar-refractivity contribution < 1.29 is 8.42 Å². The van der Waals surface area contributed by atoms with E-state index in [0.717, 1.165) is 25.6 Å². The van der Waals surface area contributed by atoms with Gasteiger partial charge in [-0.25, -0.2) is 13.1 Å². The van der Waals surface area contributed by atoms with Gasteiger partial charge in [-0.1, -0.05) is 44.2 Å². The van der Waals surface area contributed by atoms with Crippen LogP contribution in [0.15, 0.2) is 35.3 Å². The molecule has 162 valence electrons. The summed E-state index contributed by atoms with van der Waals surface area (Å²) in [5.74, 6) is 0.755. The van der Waals surface area contributed by atoms with Crippen molar-refractivity contribution in [3.05, 3.63) is 35.9 Å². The molecular formula is C19H36IN5O2S. The van der Waals surface area contributed by atoms with Crippen LogP contribution in [0.3, 0.4) is 0 Å². The molecule has 9 heteroatoms. The average Bonchev–Trinajstić information content (AvgIpc) is 2.64. The number of halogens is 1. The molecule has 0 radical (unpaired) electrons. The summed E-state index contributed by atoms with van der Waals surface area (Å²) in [6.45, 7) is 10.8. The maximum atomic E-state index is 11.1. The predicted octanol–water partition coefficient (Wildman–Crippen LogP) is 2.18. The second-order valence-electron chi connectivity index (χ2n) is 6.31. The molecule has 28 heavy (non-hydrogen) atoms. The molecule has 1 rings (SSSR count). The van der Waals surface area contributed by atoms with Crippen LogP contribution < -0.4 is 15.4 Å². The zero-order valence-corrected chi connectivity index (χ0v) is 20.6. The number of benzene rings is 1. The Morgan fingerprint density at radius 3 is 2.25 bits per heavy atom. The van der Waals surface area contributed by atoms with Gasteiger partial charge in [0.15, 0.2) is 5.96 Å². The van der Waals surface area contributed by atoms with Crippen LogP contribution >= 0.6 is 24.0 Å². The molecule has 0 heterocycles. The Labute approximate surface area is 187 Å². The van der Waals surface area contributed by atoms with Crippen LogP contribution in [0.5, 0.6) is 0 Å². The molecular weight excluding hydrogens is 489 g/mol. The van der Waals surface area contributed by atoms with Crippen molar-refractivity contribution in [2.24, 2.45) is 4.99 Å². The highest BCUT2D eigenvalue weighted by atomic mass is 127. The highest BCUT2D eigenvalue weighted by Crippen LogP contribution is 2.20. The summed E-state index contributed by atoms with van der Waals surface area (Å²) in [5.41, 5.74) is 1.26. The molecule has 1 atom stereocenters. The molecule has 0 spiro atoms. The Morgan fingerprint density at radius 2 is 1.71 bits per heavy atom. The summed E-state index contributed by atoms with van der Waals surface area (Å²) in [5, 5.41) is 6.53. The zero-order valence-electron chi connectivity index (χ0n) is 17.4. The second kappa shape index (κ2) is 15.0. The van der Waals surface area contributed by atoms with Gasteiger partial charge in [-0.05, 0) is 32.0 Å². The lowest BCUT2D eigenvalue weighted by molar-refractivity contribution is 0.224. The number of nitrogens with zero attached hydrogens (tertiary/aromatic N) is 2. The largest absolute Gasteiger partial charge is 0.357 e. The number of guanidine groups is 1. The second-order valence-corrected chi connectivity index (χ2v) is 8.15. The van der Waals surface area contributed by atoms with E-state index in [1.165, 1.54) is 11.8 Å². The third-order valence-electron chi connectivity index (χ3n) is 4.21. The molecule has 1 aromatic rings. The van der Waals surface area contributed by atoms with Crippen molar-refractivity contribution in [2.45, 2.75) is 33.2 Å². The lowest BCUT2D eigenvalue weighted by atomic mass is 10.1. The molecule has 0 aliphatic rings. The Morgan fingerprint density at radius 1 is 1.07 bits per heavy atom. The van der Waals surface area contributed by atoms with E-state index in [2.05, 4.69) is 58.4 Å². The number of hydrogen-bond acceptors (Lipinski definition) is 4. The van der Waals surface area contributed by atoms with E-state index in [0.29, 0.717) is 26.1 Å². The Kier molecular flexibility index (Phi) is 14.5. The van der Waals surface area contributed by atoms with E-state index in [9.17, 15) is 8.42 Å². The zero-order chi connectivity index (χ0) is 20.1. The van der Waals surface area contributed by atoms with Crippen LogP contribution in [0.4, 0.5) is 0 Å². The smallest absolute Gasteiger partial charge is 0.208 e. The van der Waals surface area contributed by atoms with Crippen molar-refractivity contribution >= 4 is 40.0 Å². The van der Waals surface area contributed by atoms with Crippen molar-refractivity contribution in [1.29, 1.82) is 0 Å². The van der Waals surface area contributed by atoms with Gasteiger partial charge in [0, 0.05) is 19.6 Å². The lowest BCUT2D eigenvalue weighted by Gasteiger charge is -2.29. The summed E-state index contributed by atoms with van der Waals surface area (Å²) < 4.78 is 24.7. The Hall–Kier alpha value is -0.910. The molecule has 0 aliphatic heterocycles. The van der Waals surface area contributed by atoms with Gasteiger partial charge >= 0.3 is 0 Å². The monoisotopic (exact) mass is 525 g/mol. The third kappa shape index (κ3) is 11.2. The van der Waals surface area contributed by atoms with Gasteiger partial charge in [-0.2, -0.15) is 0 Å². The fourth-order valence-electron chi connectivity index (χ4n) is 2.84. The highest BCUT2D eigenvalue weighted by Gasteiger charge is 2.17. The molecule has 0 fully saturated rings. The molecule has 3 N–H and O–H groups in total. The van der Waals surface area contributed by atoms with Crippen LogP contribution in [-0.2, 0) is 10.0 Å². The molecule has 0 aromatic heterocycles. The van der Waals surface area contributed by atoms with E-state index >= 15 is 0 Å². The van der Waals surface area contributed by atoms with Crippen molar-refractivity contribution in [3.63, 3.8) is 0 Å². The third-order valence-corrected chi connectivity index (χ3v) is 4.94. The van der Waals surface area contributed by atoms with Crippen LogP contribution in [0.1, 0.15) is 38.8 Å². The normalized spacial score (nSPS) is 13.1. The summed E-state index contributed by atoms with van der Waals surface area (Å²) >= 11 is 0. The molecule has 0 amide bonds. The predicted molar refractivity (Wildman–Crippen MR) is 129 cm³/mol. The minimum Gasteiger partial charge on any atom is -0.357 e. The van der Waals surface area contributed by atoms with Gasteiger partial charge in [0.2, 0.25) is 10.0 Å². The summed E-state index contributed by atoms with van der Waals surface area (Å²) in [4.78, 5) is 7.17. The van der Waals surface area contributed by atoms with E-state index < -0.39 is 10.0 Å². The van der Waals surface area contributed by atoms with Crippen LogP contribution in [0, 0.1) is 0 Å². The Bertz CT molecular complexity index is 652.